The number of hydrogen-bond donors (Lipinski definition) is 2. The van der Waals surface area contributed by atoms with E-state index >= 15 is 0 Å². The summed E-state index contributed by atoms with van der Waals surface area (Å²) in [7, 11) is 2.14. The second-order valence-corrected chi connectivity index (χ2v) is 2.90. The Morgan fingerprint density at radius 2 is 2.40 bits per heavy atom. The van der Waals surface area contributed by atoms with Gasteiger partial charge in [-0.3, -0.25) is 5.32 Å². The monoisotopic (exact) mass is 139 g/mol. The van der Waals surface area contributed by atoms with E-state index in [-0.39, 0.29) is 0 Å². The third-order valence-corrected chi connectivity index (χ3v) is 2.18. The van der Waals surface area contributed by atoms with Crippen LogP contribution in [0.5, 0.6) is 0 Å². The smallest absolute Gasteiger partial charge is 0.103 e. The predicted octanol–water partition coefficient (Wildman–Crippen LogP) is -0.316. The van der Waals surface area contributed by atoms with Crippen LogP contribution in [0.4, 0.5) is 0 Å². The molecule has 0 aromatic heterocycles. The molecule has 0 aromatic rings. The van der Waals surface area contributed by atoms with Gasteiger partial charge in [0, 0.05) is 20.1 Å². The summed E-state index contributed by atoms with van der Waals surface area (Å²) in [5, 5.41) is 6.61. The predicted molar refractivity (Wildman–Crippen MR) is 40.3 cm³/mol. The molecule has 2 aliphatic rings. The molecule has 2 heterocycles. The first-order valence-electron chi connectivity index (χ1n) is 3.75. The minimum Gasteiger partial charge on any atom is -0.361 e. The van der Waals surface area contributed by atoms with Gasteiger partial charge in [-0.1, -0.05) is 0 Å². The van der Waals surface area contributed by atoms with Crippen molar-refractivity contribution in [1.29, 1.82) is 0 Å². The molecule has 0 bridgehead atoms. The van der Waals surface area contributed by atoms with Crippen molar-refractivity contribution >= 4 is 0 Å². The van der Waals surface area contributed by atoms with Gasteiger partial charge in [-0.25, -0.2) is 0 Å². The van der Waals surface area contributed by atoms with E-state index < -0.39 is 0 Å². The third-order valence-electron chi connectivity index (χ3n) is 2.18. The normalized spacial score (nSPS) is 24.7. The fraction of sp³-hybridized carbons (Fsp3) is 0.714. The van der Waals surface area contributed by atoms with Crippen molar-refractivity contribution in [3.8, 4) is 0 Å². The highest BCUT2D eigenvalue weighted by atomic mass is 15.3. The molecule has 3 heteroatoms. The van der Waals surface area contributed by atoms with Gasteiger partial charge in [-0.05, 0) is 12.0 Å². The van der Waals surface area contributed by atoms with Gasteiger partial charge in [-0.15, -0.1) is 0 Å². The van der Waals surface area contributed by atoms with Crippen LogP contribution in [0.2, 0.25) is 0 Å². The number of nitrogens with zero attached hydrogens (tertiary/aromatic N) is 1. The van der Waals surface area contributed by atoms with E-state index in [2.05, 4.69) is 22.6 Å². The maximum Gasteiger partial charge on any atom is 0.103 e. The van der Waals surface area contributed by atoms with Crippen LogP contribution in [0.1, 0.15) is 6.42 Å². The molecule has 0 aromatic carbocycles. The Hall–Kier alpha value is -0.700. The fourth-order valence-corrected chi connectivity index (χ4v) is 1.59. The first-order chi connectivity index (χ1) is 4.88. The zero-order chi connectivity index (χ0) is 6.97. The summed E-state index contributed by atoms with van der Waals surface area (Å²) in [5.41, 5.74) is 1.54. The molecular weight excluding hydrogens is 126 g/mol. The molecule has 0 radical (unpaired) electrons. The number of nitrogens with one attached hydrogen (secondary N) is 2. The standard InChI is InChI=1S/C7H13N3/c1-10-3-2-6-4-8-5-9-7(6)10/h8-9H,2-5H2,1H3. The number of rotatable bonds is 0. The van der Waals surface area contributed by atoms with Crippen LogP contribution in [0, 0.1) is 0 Å². The van der Waals surface area contributed by atoms with Gasteiger partial charge >= 0.3 is 0 Å². The van der Waals surface area contributed by atoms with Crippen molar-refractivity contribution in [1.82, 2.24) is 15.5 Å². The van der Waals surface area contributed by atoms with E-state index in [1.807, 2.05) is 0 Å². The van der Waals surface area contributed by atoms with Crippen LogP contribution in [0.3, 0.4) is 0 Å². The minimum absolute atomic E-state index is 0.920. The molecule has 56 valence electrons. The minimum atomic E-state index is 0.920. The van der Waals surface area contributed by atoms with Gasteiger partial charge in [0.25, 0.3) is 0 Å². The molecule has 0 atom stereocenters. The van der Waals surface area contributed by atoms with E-state index in [0.717, 1.165) is 13.2 Å². The van der Waals surface area contributed by atoms with Crippen molar-refractivity contribution in [3.63, 3.8) is 0 Å². The van der Waals surface area contributed by atoms with E-state index in [1.54, 1.807) is 0 Å². The maximum atomic E-state index is 3.33. The Bertz CT molecular complexity index is 174. The highest BCUT2D eigenvalue weighted by Crippen LogP contribution is 2.19. The summed E-state index contributed by atoms with van der Waals surface area (Å²) in [6, 6.07) is 0. The van der Waals surface area contributed by atoms with Crippen LogP contribution >= 0.6 is 0 Å². The lowest BCUT2D eigenvalue weighted by molar-refractivity contribution is 0.412. The largest absolute Gasteiger partial charge is 0.361 e. The molecule has 0 spiro atoms. The van der Waals surface area contributed by atoms with Crippen LogP contribution in [0.25, 0.3) is 0 Å². The summed E-state index contributed by atoms with van der Waals surface area (Å²) in [5.74, 6) is 1.36. The van der Waals surface area contributed by atoms with E-state index in [9.17, 15) is 0 Å². The highest BCUT2D eigenvalue weighted by molar-refractivity contribution is 5.20. The second kappa shape index (κ2) is 2.16. The van der Waals surface area contributed by atoms with Gasteiger partial charge in [0.1, 0.15) is 5.82 Å². The van der Waals surface area contributed by atoms with Crippen LogP contribution in [-0.4, -0.2) is 31.7 Å². The maximum absolute atomic E-state index is 3.33. The van der Waals surface area contributed by atoms with E-state index in [4.69, 9.17) is 0 Å². The number of hydrogen-bond acceptors (Lipinski definition) is 3. The summed E-state index contributed by atoms with van der Waals surface area (Å²) in [6.45, 7) is 3.18. The van der Waals surface area contributed by atoms with Gasteiger partial charge < -0.3 is 10.2 Å². The zero-order valence-electron chi connectivity index (χ0n) is 6.28. The molecule has 0 amide bonds. The Balaban J connectivity index is 2.20. The van der Waals surface area contributed by atoms with E-state index in [0.29, 0.717) is 0 Å². The SMILES string of the molecule is CN1CCC2=C1NCNC2. The zero-order valence-corrected chi connectivity index (χ0v) is 6.28. The van der Waals surface area contributed by atoms with Crippen molar-refractivity contribution in [2.24, 2.45) is 0 Å². The molecule has 2 aliphatic heterocycles. The van der Waals surface area contributed by atoms with Gasteiger partial charge in [0.2, 0.25) is 0 Å². The Labute approximate surface area is 61.1 Å². The molecule has 3 nitrogen and oxygen atoms in total. The molecule has 0 aliphatic carbocycles. The Morgan fingerprint density at radius 1 is 1.50 bits per heavy atom. The Morgan fingerprint density at radius 3 is 3.20 bits per heavy atom. The van der Waals surface area contributed by atoms with Crippen molar-refractivity contribution in [2.45, 2.75) is 6.42 Å². The molecule has 2 N–H and O–H groups in total. The molecule has 0 fully saturated rings. The molecule has 0 saturated carbocycles. The summed E-state index contributed by atoms with van der Waals surface area (Å²) < 4.78 is 0. The summed E-state index contributed by atoms with van der Waals surface area (Å²) >= 11 is 0. The van der Waals surface area contributed by atoms with Crippen molar-refractivity contribution in [3.05, 3.63) is 11.4 Å². The van der Waals surface area contributed by atoms with Crippen molar-refractivity contribution < 1.29 is 0 Å². The van der Waals surface area contributed by atoms with Gasteiger partial charge in [0.05, 0.1) is 6.67 Å². The lowest BCUT2D eigenvalue weighted by atomic mass is 10.2. The topological polar surface area (TPSA) is 27.3 Å². The lowest BCUT2D eigenvalue weighted by Crippen LogP contribution is -2.38. The molecule has 0 saturated heterocycles. The molecule has 0 unspecified atom stereocenters. The second-order valence-electron chi connectivity index (χ2n) is 2.90. The van der Waals surface area contributed by atoms with E-state index in [1.165, 1.54) is 24.4 Å². The molecule has 2 rings (SSSR count). The van der Waals surface area contributed by atoms with Crippen LogP contribution in [-0.2, 0) is 0 Å². The average molecular weight is 139 g/mol. The van der Waals surface area contributed by atoms with Gasteiger partial charge in [-0.2, -0.15) is 0 Å². The summed E-state index contributed by atoms with van der Waals surface area (Å²) in [6.07, 6.45) is 1.23. The summed E-state index contributed by atoms with van der Waals surface area (Å²) in [4.78, 5) is 2.29. The highest BCUT2D eigenvalue weighted by Gasteiger charge is 2.20. The average Bonchev–Trinajstić information content (AvgIpc) is 2.34. The third kappa shape index (κ3) is 0.778. The Kier molecular flexibility index (Phi) is 1.31. The van der Waals surface area contributed by atoms with Crippen LogP contribution in [0.15, 0.2) is 11.4 Å². The fourth-order valence-electron chi connectivity index (χ4n) is 1.59. The van der Waals surface area contributed by atoms with Gasteiger partial charge in [0.15, 0.2) is 0 Å². The lowest BCUT2D eigenvalue weighted by Gasteiger charge is -2.22. The molecular formula is C7H13N3. The quantitative estimate of drug-likeness (QED) is 0.482. The van der Waals surface area contributed by atoms with Crippen molar-refractivity contribution in [2.75, 3.05) is 26.8 Å². The molecule has 10 heavy (non-hydrogen) atoms. The first-order valence-corrected chi connectivity index (χ1v) is 3.75. The first kappa shape index (κ1) is 6.04. The van der Waals surface area contributed by atoms with Crippen LogP contribution < -0.4 is 10.6 Å².